The number of hydrogen-bond acceptors (Lipinski definition) is 5. The Morgan fingerprint density at radius 2 is 1.07 bits per heavy atom. The van der Waals surface area contributed by atoms with Crippen LogP contribution in [0.5, 0.6) is 0 Å². The molecule has 0 fully saturated rings. The lowest BCUT2D eigenvalue weighted by Crippen LogP contribution is -2.63. The summed E-state index contributed by atoms with van der Waals surface area (Å²) in [7, 11) is -8.97. The summed E-state index contributed by atoms with van der Waals surface area (Å²) in [6.07, 6.45) is 0.826. The van der Waals surface area contributed by atoms with Crippen LogP contribution in [0, 0.1) is 5.41 Å². The molecular weight excluding hydrogens is 409 g/mol. The summed E-state index contributed by atoms with van der Waals surface area (Å²) in [6.45, 7) is 30.9. The maximum Gasteiger partial charge on any atom is 0.509 e. The molecule has 0 heterocycles. The van der Waals surface area contributed by atoms with Gasteiger partial charge in [-0.2, -0.15) is 0 Å². The fraction of sp³-hybridized carbons (Fsp3) is 0.833. The van der Waals surface area contributed by atoms with Crippen LogP contribution >= 0.6 is 0 Å². The summed E-state index contributed by atoms with van der Waals surface area (Å²) >= 11 is 0. The molecule has 5 nitrogen and oxygen atoms in total. The van der Waals surface area contributed by atoms with Crippen LogP contribution in [0.3, 0.4) is 0 Å². The van der Waals surface area contributed by atoms with E-state index in [0.29, 0.717) is 0 Å². The second kappa shape index (κ2) is 10.7. The highest BCUT2D eigenvalue weighted by molar-refractivity contribution is 6.90. The van der Waals surface area contributed by atoms with Crippen LogP contribution in [-0.2, 0) is 21.9 Å². The summed E-state index contributed by atoms with van der Waals surface area (Å²) in [6, 6.07) is 0. The van der Waals surface area contributed by atoms with E-state index in [-0.39, 0.29) is 12.2 Å². The van der Waals surface area contributed by atoms with Gasteiger partial charge in [0.1, 0.15) is 0 Å². The average Bonchev–Trinajstić information content (AvgIpc) is 2.41. The van der Waals surface area contributed by atoms with E-state index in [1.165, 1.54) is 0 Å². The monoisotopic (exact) mass is 452 g/mol. The SMILES string of the molecule is C=C.CCC(C)(C)C(=O)OC[Si](O[Si](C)(C)C)(O[Si](C)(C)C)O[Si](C)(C)C. The first-order valence-corrected chi connectivity index (χ1v) is 21.7. The third-order valence-corrected chi connectivity index (χ3v) is 14.8. The maximum atomic E-state index is 12.5. The molecule has 0 aliphatic rings. The zero-order chi connectivity index (χ0) is 22.3. The second-order valence-electron chi connectivity index (χ2n) is 10.1. The molecule has 0 rings (SSSR count). The molecule has 0 aromatic rings. The Balaban J connectivity index is 0. The van der Waals surface area contributed by atoms with E-state index >= 15 is 0 Å². The van der Waals surface area contributed by atoms with Crippen LogP contribution in [0.15, 0.2) is 13.2 Å². The molecule has 0 saturated heterocycles. The van der Waals surface area contributed by atoms with Gasteiger partial charge in [-0.15, -0.1) is 13.2 Å². The number of carbonyl (C=O) groups is 1. The van der Waals surface area contributed by atoms with Gasteiger partial charge in [0, 0.05) is 0 Å². The molecule has 27 heavy (non-hydrogen) atoms. The molecule has 0 aliphatic heterocycles. The van der Waals surface area contributed by atoms with Crippen LogP contribution in [0.2, 0.25) is 58.9 Å². The summed E-state index contributed by atoms with van der Waals surface area (Å²) in [5, 5.41) is 0. The van der Waals surface area contributed by atoms with E-state index in [1.807, 2.05) is 20.8 Å². The topological polar surface area (TPSA) is 54.0 Å². The van der Waals surface area contributed by atoms with Gasteiger partial charge in [0.15, 0.2) is 31.2 Å². The van der Waals surface area contributed by atoms with Crippen LogP contribution in [0.25, 0.3) is 0 Å². The molecular formula is C18H44O5Si4. The van der Waals surface area contributed by atoms with Gasteiger partial charge in [-0.05, 0) is 79.2 Å². The fourth-order valence-corrected chi connectivity index (χ4v) is 15.9. The highest BCUT2D eigenvalue weighted by Crippen LogP contribution is 2.28. The van der Waals surface area contributed by atoms with Crippen molar-refractivity contribution in [1.82, 2.24) is 0 Å². The number of rotatable bonds is 10. The zero-order valence-corrected chi connectivity index (χ0v) is 23.9. The molecule has 0 saturated carbocycles. The minimum Gasteiger partial charge on any atom is -0.461 e. The summed E-state index contributed by atoms with van der Waals surface area (Å²) in [4.78, 5) is 12.5. The maximum absolute atomic E-state index is 12.5. The summed E-state index contributed by atoms with van der Waals surface area (Å²) in [5.41, 5.74) is -0.516. The Morgan fingerprint density at radius 1 is 0.778 bits per heavy atom. The Bertz CT molecular complexity index is 421. The lowest BCUT2D eigenvalue weighted by molar-refractivity contribution is -0.153. The highest BCUT2D eigenvalue weighted by atomic mass is 28.5. The normalized spacial score (nSPS) is 13.6. The number of hydrogen-bond donors (Lipinski definition) is 0. The lowest BCUT2D eigenvalue weighted by Gasteiger charge is -2.42. The molecule has 0 aromatic carbocycles. The van der Waals surface area contributed by atoms with Gasteiger partial charge in [0.05, 0.1) is 5.41 Å². The van der Waals surface area contributed by atoms with Crippen molar-refractivity contribution >= 4 is 39.7 Å². The van der Waals surface area contributed by atoms with Crippen LogP contribution in [0.4, 0.5) is 0 Å². The van der Waals surface area contributed by atoms with E-state index in [2.05, 4.69) is 72.1 Å². The molecule has 9 heteroatoms. The van der Waals surface area contributed by atoms with Crippen LogP contribution in [-0.4, -0.2) is 46.0 Å². The predicted molar refractivity (Wildman–Crippen MR) is 125 cm³/mol. The Kier molecular flexibility index (Phi) is 11.5. The zero-order valence-electron chi connectivity index (χ0n) is 19.9. The average molecular weight is 453 g/mol. The predicted octanol–water partition coefficient (Wildman–Crippen LogP) is 5.80. The van der Waals surface area contributed by atoms with Gasteiger partial charge >= 0.3 is 14.8 Å². The van der Waals surface area contributed by atoms with Crippen molar-refractivity contribution in [2.45, 2.75) is 86.1 Å². The van der Waals surface area contributed by atoms with Gasteiger partial charge in [0.25, 0.3) is 0 Å². The third kappa shape index (κ3) is 13.7. The molecule has 0 radical (unpaired) electrons. The van der Waals surface area contributed by atoms with Gasteiger partial charge in [0.2, 0.25) is 0 Å². The van der Waals surface area contributed by atoms with E-state index in [9.17, 15) is 4.79 Å². The molecule has 0 aromatic heterocycles. The van der Waals surface area contributed by atoms with Gasteiger partial charge in [-0.25, -0.2) is 0 Å². The summed E-state index contributed by atoms with van der Waals surface area (Å²) in [5.74, 6) is -0.218. The second-order valence-corrected chi connectivity index (χ2v) is 26.9. The van der Waals surface area contributed by atoms with E-state index in [0.717, 1.165) is 6.42 Å². The van der Waals surface area contributed by atoms with Crippen molar-refractivity contribution in [2.24, 2.45) is 5.41 Å². The highest BCUT2D eigenvalue weighted by Gasteiger charge is 2.52. The smallest absolute Gasteiger partial charge is 0.461 e. The van der Waals surface area contributed by atoms with E-state index < -0.39 is 39.2 Å². The van der Waals surface area contributed by atoms with Crippen LogP contribution in [0.1, 0.15) is 27.2 Å². The number of ether oxygens (including phenoxy) is 1. The number of esters is 1. The Labute approximate surface area is 172 Å². The largest absolute Gasteiger partial charge is 0.509 e. The lowest BCUT2D eigenvalue weighted by atomic mass is 9.91. The van der Waals surface area contributed by atoms with Crippen molar-refractivity contribution in [1.29, 1.82) is 0 Å². The molecule has 0 amide bonds. The molecule has 0 aliphatic carbocycles. The van der Waals surface area contributed by atoms with Crippen molar-refractivity contribution < 1.29 is 21.9 Å². The minimum absolute atomic E-state index is 0.105. The fourth-order valence-electron chi connectivity index (χ4n) is 2.04. The first-order chi connectivity index (χ1) is 11.8. The first-order valence-electron chi connectivity index (χ1n) is 9.59. The summed E-state index contributed by atoms with van der Waals surface area (Å²) < 4.78 is 25.2. The van der Waals surface area contributed by atoms with Crippen molar-refractivity contribution in [3.05, 3.63) is 13.2 Å². The van der Waals surface area contributed by atoms with E-state index in [1.54, 1.807) is 0 Å². The number of carbonyl (C=O) groups excluding carboxylic acids is 1. The van der Waals surface area contributed by atoms with Crippen LogP contribution < -0.4 is 0 Å². The van der Waals surface area contributed by atoms with Gasteiger partial charge < -0.3 is 17.1 Å². The van der Waals surface area contributed by atoms with Crippen molar-refractivity contribution in [3.63, 3.8) is 0 Å². The first kappa shape index (κ1) is 29.2. The molecule has 0 bridgehead atoms. The Hall–Kier alpha value is -0.0425. The molecule has 162 valence electrons. The van der Waals surface area contributed by atoms with E-state index in [4.69, 9.17) is 17.1 Å². The molecule has 0 unspecified atom stereocenters. The molecule has 0 spiro atoms. The molecule has 0 atom stereocenters. The minimum atomic E-state index is -3.11. The van der Waals surface area contributed by atoms with Gasteiger partial charge in [-0.1, -0.05) is 6.92 Å². The molecule has 0 N–H and O–H groups in total. The van der Waals surface area contributed by atoms with Gasteiger partial charge in [-0.3, -0.25) is 4.79 Å². The van der Waals surface area contributed by atoms with Crippen molar-refractivity contribution in [3.8, 4) is 0 Å². The third-order valence-electron chi connectivity index (χ3n) is 3.20. The Morgan fingerprint density at radius 3 is 1.30 bits per heavy atom. The quantitative estimate of drug-likeness (QED) is 0.238. The van der Waals surface area contributed by atoms with Crippen molar-refractivity contribution in [2.75, 3.05) is 6.23 Å². The standard InChI is InChI=1S/C16H40O5Si4.C2H4/c1-13-16(2,3)15(17)18-14-25(19-22(4,5)6,20-23(7,8)9)21-24(10,11)12;1-2/h13-14H2,1-12H3;1-2H2.